The van der Waals surface area contributed by atoms with Crippen LogP contribution >= 0.6 is 0 Å². The molecule has 1 aromatic heterocycles. The molecule has 0 bridgehead atoms. The van der Waals surface area contributed by atoms with Crippen molar-refractivity contribution < 1.29 is 0 Å². The Morgan fingerprint density at radius 2 is 2.00 bits per heavy atom. The van der Waals surface area contributed by atoms with Crippen LogP contribution in [-0.4, -0.2) is 27.6 Å². The third-order valence-corrected chi connectivity index (χ3v) is 2.99. The molecule has 4 nitrogen and oxygen atoms in total. The van der Waals surface area contributed by atoms with Gasteiger partial charge >= 0.3 is 0 Å². The van der Waals surface area contributed by atoms with Crippen molar-refractivity contribution in [3.05, 3.63) is 24.3 Å². The summed E-state index contributed by atoms with van der Waals surface area (Å²) in [6.07, 6.45) is 0. The van der Waals surface area contributed by atoms with E-state index in [9.17, 15) is 0 Å². The molecular weight excluding hydrogens is 224 g/mol. The predicted octanol–water partition coefficient (Wildman–Crippen LogP) is 2.46. The summed E-state index contributed by atoms with van der Waals surface area (Å²) >= 11 is 0. The predicted molar refractivity (Wildman–Crippen MR) is 74.4 cm³/mol. The number of nitrogens with one attached hydrogen (secondary N) is 1. The van der Waals surface area contributed by atoms with Gasteiger partial charge in [-0.3, -0.25) is 0 Å². The molecule has 2 aromatic rings. The van der Waals surface area contributed by atoms with Crippen molar-refractivity contribution in [3.63, 3.8) is 0 Å². The highest BCUT2D eigenvalue weighted by atomic mass is 15.4. The highest BCUT2D eigenvalue weighted by molar-refractivity contribution is 5.73. The molecular formula is C14H22N4. The Morgan fingerprint density at radius 1 is 1.28 bits per heavy atom. The lowest BCUT2D eigenvalue weighted by Gasteiger charge is -2.26. The van der Waals surface area contributed by atoms with E-state index in [1.807, 2.05) is 22.9 Å². The maximum absolute atomic E-state index is 4.25. The Labute approximate surface area is 108 Å². The van der Waals surface area contributed by atoms with Crippen LogP contribution in [0.15, 0.2) is 24.3 Å². The normalized spacial score (nSPS) is 12.5. The van der Waals surface area contributed by atoms with Crippen LogP contribution < -0.4 is 5.32 Å². The fourth-order valence-corrected chi connectivity index (χ4v) is 1.98. The Morgan fingerprint density at radius 3 is 2.72 bits per heavy atom. The molecule has 0 aliphatic heterocycles. The molecule has 1 heterocycles. The van der Waals surface area contributed by atoms with E-state index in [0.29, 0.717) is 6.04 Å². The van der Waals surface area contributed by atoms with E-state index in [2.05, 4.69) is 49.4 Å². The lowest BCUT2D eigenvalue weighted by molar-refractivity contribution is 0.270. The Bertz CT molecular complexity index is 513. The van der Waals surface area contributed by atoms with Crippen molar-refractivity contribution >= 4 is 11.0 Å². The van der Waals surface area contributed by atoms with E-state index in [4.69, 9.17) is 0 Å². The third kappa shape index (κ3) is 3.07. The molecule has 0 radical (unpaired) electrons. The van der Waals surface area contributed by atoms with Crippen LogP contribution in [-0.2, 0) is 6.54 Å². The highest BCUT2D eigenvalue weighted by Gasteiger charge is 2.20. The Hall–Kier alpha value is -1.42. The SMILES string of the molecule is CC(C)NCC(C)(C)Cn1nnc2ccccc21. The molecule has 0 fully saturated rings. The van der Waals surface area contributed by atoms with Crippen LogP contribution in [0.3, 0.4) is 0 Å². The quantitative estimate of drug-likeness (QED) is 0.881. The molecule has 1 N–H and O–H groups in total. The first-order chi connectivity index (χ1) is 8.48. The minimum Gasteiger partial charge on any atom is -0.314 e. The van der Waals surface area contributed by atoms with E-state index < -0.39 is 0 Å². The lowest BCUT2D eigenvalue weighted by atomic mass is 9.93. The van der Waals surface area contributed by atoms with Gasteiger partial charge in [-0.2, -0.15) is 0 Å². The number of nitrogens with zero attached hydrogens (tertiary/aromatic N) is 3. The number of rotatable bonds is 5. The average Bonchev–Trinajstić information content (AvgIpc) is 2.70. The van der Waals surface area contributed by atoms with Crippen molar-refractivity contribution in [1.29, 1.82) is 0 Å². The smallest absolute Gasteiger partial charge is 0.113 e. The zero-order chi connectivity index (χ0) is 13.2. The molecule has 0 atom stereocenters. The fourth-order valence-electron chi connectivity index (χ4n) is 1.98. The van der Waals surface area contributed by atoms with Gasteiger partial charge in [0.2, 0.25) is 0 Å². The topological polar surface area (TPSA) is 42.7 Å². The van der Waals surface area contributed by atoms with Crippen molar-refractivity contribution in [2.24, 2.45) is 5.41 Å². The first-order valence-corrected chi connectivity index (χ1v) is 6.49. The second kappa shape index (κ2) is 5.06. The van der Waals surface area contributed by atoms with E-state index in [-0.39, 0.29) is 5.41 Å². The van der Waals surface area contributed by atoms with Gasteiger partial charge in [0.15, 0.2) is 0 Å². The van der Waals surface area contributed by atoms with Gasteiger partial charge in [-0.1, -0.05) is 45.0 Å². The zero-order valence-electron chi connectivity index (χ0n) is 11.6. The fraction of sp³-hybridized carbons (Fsp3) is 0.571. The number of hydrogen-bond acceptors (Lipinski definition) is 3. The van der Waals surface area contributed by atoms with Crippen molar-refractivity contribution in [1.82, 2.24) is 20.3 Å². The van der Waals surface area contributed by atoms with Gasteiger partial charge in [-0.05, 0) is 17.5 Å². The summed E-state index contributed by atoms with van der Waals surface area (Å²) in [5.74, 6) is 0. The number of hydrogen-bond donors (Lipinski definition) is 1. The summed E-state index contributed by atoms with van der Waals surface area (Å²) in [4.78, 5) is 0. The van der Waals surface area contributed by atoms with Crippen molar-refractivity contribution in [2.75, 3.05) is 6.54 Å². The molecule has 0 aliphatic rings. The molecule has 0 saturated heterocycles. The standard InChI is InChI=1S/C14H22N4/c1-11(2)15-9-14(3,4)10-18-13-8-6-5-7-12(13)16-17-18/h5-8,11,15H,9-10H2,1-4H3. The van der Waals surface area contributed by atoms with Crippen LogP contribution in [0.1, 0.15) is 27.7 Å². The van der Waals surface area contributed by atoms with Gasteiger partial charge in [-0.25, -0.2) is 4.68 Å². The number of benzene rings is 1. The lowest BCUT2D eigenvalue weighted by Crippen LogP contribution is -2.36. The Kier molecular flexibility index (Phi) is 3.66. The van der Waals surface area contributed by atoms with Gasteiger partial charge in [0.25, 0.3) is 0 Å². The molecule has 0 aliphatic carbocycles. The second-order valence-corrected chi connectivity index (χ2v) is 5.94. The summed E-state index contributed by atoms with van der Waals surface area (Å²) in [6, 6.07) is 8.60. The molecule has 1 aromatic carbocycles. The van der Waals surface area contributed by atoms with Crippen LogP contribution in [0.4, 0.5) is 0 Å². The van der Waals surface area contributed by atoms with E-state index in [1.165, 1.54) is 0 Å². The molecule has 18 heavy (non-hydrogen) atoms. The maximum atomic E-state index is 4.25. The first kappa shape index (κ1) is 13.0. The van der Waals surface area contributed by atoms with Gasteiger partial charge in [0.1, 0.15) is 5.52 Å². The minimum absolute atomic E-state index is 0.154. The molecule has 2 rings (SSSR count). The maximum Gasteiger partial charge on any atom is 0.113 e. The third-order valence-electron chi connectivity index (χ3n) is 2.99. The van der Waals surface area contributed by atoms with Crippen molar-refractivity contribution in [2.45, 2.75) is 40.3 Å². The monoisotopic (exact) mass is 246 g/mol. The average molecular weight is 246 g/mol. The number of fused-ring (bicyclic) bond motifs is 1. The summed E-state index contributed by atoms with van der Waals surface area (Å²) in [5, 5.41) is 11.9. The summed E-state index contributed by atoms with van der Waals surface area (Å²) in [5.41, 5.74) is 2.22. The largest absolute Gasteiger partial charge is 0.314 e. The van der Waals surface area contributed by atoms with Crippen LogP contribution in [0.25, 0.3) is 11.0 Å². The minimum atomic E-state index is 0.154. The van der Waals surface area contributed by atoms with Gasteiger partial charge in [0, 0.05) is 19.1 Å². The highest BCUT2D eigenvalue weighted by Crippen LogP contribution is 2.19. The summed E-state index contributed by atoms with van der Waals surface area (Å²) in [7, 11) is 0. The molecule has 4 heteroatoms. The van der Waals surface area contributed by atoms with Gasteiger partial charge < -0.3 is 5.32 Å². The molecule has 0 spiro atoms. The van der Waals surface area contributed by atoms with Crippen LogP contribution in [0.2, 0.25) is 0 Å². The first-order valence-electron chi connectivity index (χ1n) is 6.49. The van der Waals surface area contributed by atoms with Crippen LogP contribution in [0.5, 0.6) is 0 Å². The summed E-state index contributed by atoms with van der Waals surface area (Å²) in [6.45, 7) is 10.7. The number of para-hydroxylation sites is 1. The van der Waals surface area contributed by atoms with Crippen molar-refractivity contribution in [3.8, 4) is 0 Å². The zero-order valence-corrected chi connectivity index (χ0v) is 11.6. The van der Waals surface area contributed by atoms with Crippen LogP contribution in [0, 0.1) is 5.41 Å². The molecule has 98 valence electrons. The molecule has 0 saturated carbocycles. The van der Waals surface area contributed by atoms with Gasteiger partial charge in [-0.15, -0.1) is 5.10 Å². The molecule has 0 amide bonds. The van der Waals surface area contributed by atoms with E-state index >= 15 is 0 Å². The molecule has 0 unspecified atom stereocenters. The van der Waals surface area contributed by atoms with E-state index in [1.54, 1.807) is 0 Å². The Balaban J connectivity index is 2.13. The number of aromatic nitrogens is 3. The van der Waals surface area contributed by atoms with E-state index in [0.717, 1.165) is 24.1 Å². The summed E-state index contributed by atoms with van der Waals surface area (Å²) < 4.78 is 2.00. The second-order valence-electron chi connectivity index (χ2n) is 5.94. The van der Waals surface area contributed by atoms with Gasteiger partial charge in [0.05, 0.1) is 5.52 Å².